The molecule has 0 saturated carbocycles. The highest BCUT2D eigenvalue weighted by Gasteiger charge is 2.01. The van der Waals surface area contributed by atoms with Crippen molar-refractivity contribution in [2.75, 3.05) is 0 Å². The summed E-state index contributed by atoms with van der Waals surface area (Å²) in [5.41, 5.74) is 2.64. The predicted molar refractivity (Wildman–Crippen MR) is 43.7 cm³/mol. The zero-order chi connectivity index (χ0) is 8.27. The van der Waals surface area contributed by atoms with Gasteiger partial charge in [-0.1, -0.05) is 6.92 Å². The molecule has 0 atom stereocenters. The Morgan fingerprint density at radius 1 is 1.64 bits per heavy atom. The molecule has 0 bridgehead atoms. The molecule has 0 spiro atoms. The predicted octanol–water partition coefficient (Wildman–Crippen LogP) is 1.76. The molecule has 0 amide bonds. The molecule has 11 heavy (non-hydrogen) atoms. The van der Waals surface area contributed by atoms with Gasteiger partial charge in [-0.2, -0.15) is 0 Å². The minimum Gasteiger partial charge on any atom is -0.298 e. The van der Waals surface area contributed by atoms with Crippen LogP contribution in [0.15, 0.2) is 12.3 Å². The lowest BCUT2D eigenvalue weighted by Crippen LogP contribution is -1.96. The van der Waals surface area contributed by atoms with E-state index in [9.17, 15) is 4.79 Å². The molecule has 0 aliphatic carbocycles. The second-order valence-corrected chi connectivity index (χ2v) is 2.44. The molecule has 0 saturated heterocycles. The number of pyridine rings is 1. The summed E-state index contributed by atoms with van der Waals surface area (Å²) in [6.45, 7) is 3.88. The van der Waals surface area contributed by atoms with Crippen LogP contribution in [0.3, 0.4) is 0 Å². The second-order valence-electron chi connectivity index (χ2n) is 2.44. The van der Waals surface area contributed by atoms with Crippen molar-refractivity contribution in [3.63, 3.8) is 0 Å². The van der Waals surface area contributed by atoms with Crippen LogP contribution in [0.5, 0.6) is 0 Å². The van der Waals surface area contributed by atoms with Gasteiger partial charge in [-0.15, -0.1) is 0 Å². The lowest BCUT2D eigenvalue weighted by Gasteiger charge is -2.02. The van der Waals surface area contributed by atoms with Crippen molar-refractivity contribution in [1.29, 1.82) is 0 Å². The normalized spacial score (nSPS) is 9.64. The first-order valence-electron chi connectivity index (χ1n) is 3.69. The number of carbonyl (C=O) groups excluding carboxylic acids is 1. The number of aromatic nitrogens is 1. The maximum Gasteiger partial charge on any atom is 0.152 e. The van der Waals surface area contributed by atoms with Gasteiger partial charge < -0.3 is 0 Å². The highest BCUT2D eigenvalue weighted by atomic mass is 16.1. The average Bonchev–Trinajstić information content (AvgIpc) is 2.04. The average molecular weight is 149 g/mol. The van der Waals surface area contributed by atoms with Gasteiger partial charge in [0.05, 0.1) is 0 Å². The summed E-state index contributed by atoms with van der Waals surface area (Å²) in [7, 11) is 0. The van der Waals surface area contributed by atoms with Gasteiger partial charge in [-0.3, -0.25) is 9.78 Å². The third kappa shape index (κ3) is 1.45. The van der Waals surface area contributed by atoms with E-state index in [0.29, 0.717) is 0 Å². The van der Waals surface area contributed by atoms with Crippen LogP contribution in [-0.2, 0) is 6.42 Å². The summed E-state index contributed by atoms with van der Waals surface area (Å²) in [6.07, 6.45) is 3.50. The van der Waals surface area contributed by atoms with Crippen LogP contribution >= 0.6 is 0 Å². The van der Waals surface area contributed by atoms with Gasteiger partial charge in [-0.05, 0) is 25.0 Å². The summed E-state index contributed by atoms with van der Waals surface area (Å²) >= 11 is 0. The molecule has 1 rings (SSSR count). The monoisotopic (exact) mass is 149 g/mol. The van der Waals surface area contributed by atoms with Gasteiger partial charge in [0, 0.05) is 17.5 Å². The molecular weight excluding hydrogens is 138 g/mol. The first-order chi connectivity index (χ1) is 5.29. The van der Waals surface area contributed by atoms with Crippen LogP contribution in [0, 0.1) is 6.92 Å². The third-order valence-electron chi connectivity index (χ3n) is 1.78. The fourth-order valence-corrected chi connectivity index (χ4v) is 1.10. The Hall–Kier alpha value is -1.18. The topological polar surface area (TPSA) is 30.0 Å². The number of aryl methyl sites for hydroxylation is 2. The van der Waals surface area contributed by atoms with Gasteiger partial charge >= 0.3 is 0 Å². The molecule has 0 N–H and O–H groups in total. The molecule has 58 valence electrons. The SMILES string of the molecule is CCc1ccnc(C)c1C=O. The van der Waals surface area contributed by atoms with Crippen molar-refractivity contribution in [3.05, 3.63) is 29.1 Å². The zero-order valence-corrected chi connectivity index (χ0v) is 6.79. The number of aldehydes is 1. The van der Waals surface area contributed by atoms with Gasteiger partial charge in [-0.25, -0.2) is 0 Å². The van der Waals surface area contributed by atoms with Crippen molar-refractivity contribution >= 4 is 6.29 Å². The molecule has 0 radical (unpaired) electrons. The van der Waals surface area contributed by atoms with E-state index in [2.05, 4.69) is 4.98 Å². The third-order valence-corrected chi connectivity index (χ3v) is 1.78. The molecule has 0 fully saturated rings. The summed E-state index contributed by atoms with van der Waals surface area (Å²) in [4.78, 5) is 14.6. The largest absolute Gasteiger partial charge is 0.298 e. The number of nitrogens with zero attached hydrogens (tertiary/aromatic N) is 1. The lowest BCUT2D eigenvalue weighted by molar-refractivity contribution is 0.112. The van der Waals surface area contributed by atoms with Crippen molar-refractivity contribution in [2.45, 2.75) is 20.3 Å². The first kappa shape index (κ1) is 7.92. The van der Waals surface area contributed by atoms with E-state index >= 15 is 0 Å². The van der Waals surface area contributed by atoms with Crippen molar-refractivity contribution < 1.29 is 4.79 Å². The molecule has 1 aromatic rings. The molecule has 0 aromatic carbocycles. The Bertz CT molecular complexity index is 268. The van der Waals surface area contributed by atoms with Crippen LogP contribution < -0.4 is 0 Å². The fourth-order valence-electron chi connectivity index (χ4n) is 1.10. The number of rotatable bonds is 2. The summed E-state index contributed by atoms with van der Waals surface area (Å²) < 4.78 is 0. The molecule has 1 aromatic heterocycles. The first-order valence-corrected chi connectivity index (χ1v) is 3.69. The van der Waals surface area contributed by atoms with Crippen molar-refractivity contribution in [3.8, 4) is 0 Å². The van der Waals surface area contributed by atoms with E-state index in [4.69, 9.17) is 0 Å². The van der Waals surface area contributed by atoms with Gasteiger partial charge in [0.1, 0.15) is 0 Å². The van der Waals surface area contributed by atoms with E-state index < -0.39 is 0 Å². The Morgan fingerprint density at radius 3 is 2.82 bits per heavy atom. The molecule has 2 nitrogen and oxygen atoms in total. The quantitative estimate of drug-likeness (QED) is 0.600. The van der Waals surface area contributed by atoms with Crippen molar-refractivity contribution in [2.24, 2.45) is 0 Å². The number of carbonyl (C=O) groups is 1. The van der Waals surface area contributed by atoms with Crippen LogP contribution in [-0.4, -0.2) is 11.3 Å². The smallest absolute Gasteiger partial charge is 0.152 e. The van der Waals surface area contributed by atoms with E-state index in [1.807, 2.05) is 19.9 Å². The van der Waals surface area contributed by atoms with E-state index in [1.54, 1.807) is 6.20 Å². The summed E-state index contributed by atoms with van der Waals surface area (Å²) in [6, 6.07) is 1.89. The molecular formula is C9H11NO. The molecule has 2 heteroatoms. The maximum absolute atomic E-state index is 10.6. The maximum atomic E-state index is 10.6. The van der Waals surface area contributed by atoms with E-state index in [1.165, 1.54) is 0 Å². The molecule has 1 heterocycles. The highest BCUT2D eigenvalue weighted by Crippen LogP contribution is 2.08. The summed E-state index contributed by atoms with van der Waals surface area (Å²) in [5.74, 6) is 0. The Balaban J connectivity index is 3.24. The van der Waals surface area contributed by atoms with Gasteiger partial charge in [0.2, 0.25) is 0 Å². The highest BCUT2D eigenvalue weighted by molar-refractivity contribution is 5.78. The van der Waals surface area contributed by atoms with Crippen LogP contribution in [0.1, 0.15) is 28.5 Å². The zero-order valence-electron chi connectivity index (χ0n) is 6.79. The Kier molecular flexibility index (Phi) is 2.36. The van der Waals surface area contributed by atoms with E-state index in [-0.39, 0.29) is 0 Å². The molecule has 0 unspecified atom stereocenters. The van der Waals surface area contributed by atoms with Crippen LogP contribution in [0.25, 0.3) is 0 Å². The second kappa shape index (κ2) is 3.28. The van der Waals surface area contributed by atoms with E-state index in [0.717, 1.165) is 29.5 Å². The number of hydrogen-bond acceptors (Lipinski definition) is 2. The minimum atomic E-state index is 0.745. The fraction of sp³-hybridized carbons (Fsp3) is 0.333. The van der Waals surface area contributed by atoms with Gasteiger partial charge in [0.15, 0.2) is 6.29 Å². The number of hydrogen-bond donors (Lipinski definition) is 0. The lowest BCUT2D eigenvalue weighted by atomic mass is 10.1. The Labute approximate surface area is 66.3 Å². The van der Waals surface area contributed by atoms with Crippen LogP contribution in [0.2, 0.25) is 0 Å². The molecule has 0 aliphatic rings. The van der Waals surface area contributed by atoms with Crippen LogP contribution in [0.4, 0.5) is 0 Å². The van der Waals surface area contributed by atoms with Crippen molar-refractivity contribution in [1.82, 2.24) is 4.98 Å². The van der Waals surface area contributed by atoms with Gasteiger partial charge in [0.25, 0.3) is 0 Å². The summed E-state index contributed by atoms with van der Waals surface area (Å²) in [5, 5.41) is 0. The standard InChI is InChI=1S/C9H11NO/c1-3-8-4-5-10-7(2)9(8)6-11/h4-6H,3H2,1-2H3. The minimum absolute atomic E-state index is 0.745. The molecule has 0 aliphatic heterocycles. The Morgan fingerprint density at radius 2 is 2.36 bits per heavy atom.